The lowest BCUT2D eigenvalue weighted by Gasteiger charge is -2.41. The maximum absolute atomic E-state index is 11.6. The standard InChI is InChI=1S/C16H23NO4/c1-16(15(18)19)6-4-5-7-17(16)11-12-8-13(20-2)10-14(9-12)21-3/h8-10H,4-7,11H2,1-3H3,(H,18,19). The van der Waals surface area contributed by atoms with Gasteiger partial charge in [-0.05, 0) is 50.4 Å². The molecule has 5 nitrogen and oxygen atoms in total. The quantitative estimate of drug-likeness (QED) is 0.904. The Bertz CT molecular complexity index is 495. The highest BCUT2D eigenvalue weighted by atomic mass is 16.5. The van der Waals surface area contributed by atoms with Crippen LogP contribution in [0.25, 0.3) is 0 Å². The third kappa shape index (κ3) is 3.29. The van der Waals surface area contributed by atoms with Gasteiger partial charge in [0.05, 0.1) is 14.2 Å². The molecule has 1 atom stereocenters. The number of likely N-dealkylation sites (tertiary alicyclic amines) is 1. The number of carboxylic acid groups (broad SMARTS) is 1. The number of piperidine rings is 1. The van der Waals surface area contributed by atoms with Gasteiger partial charge in [0, 0.05) is 12.6 Å². The Morgan fingerprint density at radius 1 is 1.24 bits per heavy atom. The number of benzene rings is 1. The lowest BCUT2D eigenvalue weighted by molar-refractivity contribution is -0.153. The van der Waals surface area contributed by atoms with Crippen molar-refractivity contribution in [3.05, 3.63) is 23.8 Å². The second-order valence-corrected chi connectivity index (χ2v) is 5.68. The normalized spacial score (nSPS) is 22.8. The second kappa shape index (κ2) is 6.35. The predicted molar refractivity (Wildman–Crippen MR) is 79.8 cm³/mol. The molecule has 0 radical (unpaired) electrons. The zero-order valence-electron chi connectivity index (χ0n) is 12.9. The summed E-state index contributed by atoms with van der Waals surface area (Å²) in [5, 5.41) is 9.56. The molecule has 1 heterocycles. The first kappa shape index (κ1) is 15.6. The molecule has 1 aliphatic heterocycles. The summed E-state index contributed by atoms with van der Waals surface area (Å²) in [5.41, 5.74) is 0.203. The van der Waals surface area contributed by atoms with E-state index >= 15 is 0 Å². The minimum atomic E-state index is -0.797. The van der Waals surface area contributed by atoms with Gasteiger partial charge in [-0.1, -0.05) is 0 Å². The number of carbonyl (C=O) groups is 1. The van der Waals surface area contributed by atoms with E-state index in [0.29, 0.717) is 13.0 Å². The molecule has 1 aromatic carbocycles. The molecule has 1 aliphatic rings. The maximum atomic E-state index is 11.6. The summed E-state index contributed by atoms with van der Waals surface area (Å²) in [5.74, 6) is 0.689. The van der Waals surface area contributed by atoms with E-state index in [1.165, 1.54) is 0 Å². The van der Waals surface area contributed by atoms with Gasteiger partial charge in [-0.15, -0.1) is 0 Å². The number of nitrogens with zero attached hydrogens (tertiary/aromatic N) is 1. The molecule has 0 aliphatic carbocycles. The molecule has 1 saturated heterocycles. The highest BCUT2D eigenvalue weighted by molar-refractivity contribution is 5.78. The minimum absolute atomic E-state index is 0.580. The van der Waals surface area contributed by atoms with Crippen LogP contribution in [0.15, 0.2) is 18.2 Å². The molecule has 0 spiro atoms. The van der Waals surface area contributed by atoms with Crippen molar-refractivity contribution in [3.63, 3.8) is 0 Å². The van der Waals surface area contributed by atoms with Gasteiger partial charge < -0.3 is 14.6 Å². The van der Waals surface area contributed by atoms with Crippen LogP contribution in [-0.2, 0) is 11.3 Å². The van der Waals surface area contributed by atoms with Crippen LogP contribution in [0.1, 0.15) is 31.7 Å². The summed E-state index contributed by atoms with van der Waals surface area (Å²) < 4.78 is 10.5. The summed E-state index contributed by atoms with van der Waals surface area (Å²) in [6.45, 7) is 3.19. The zero-order valence-corrected chi connectivity index (χ0v) is 12.9. The van der Waals surface area contributed by atoms with E-state index in [1.54, 1.807) is 14.2 Å². The predicted octanol–water partition coefficient (Wildman–Crippen LogP) is 2.53. The Balaban J connectivity index is 2.25. The molecular formula is C16H23NO4. The van der Waals surface area contributed by atoms with E-state index in [1.807, 2.05) is 30.0 Å². The lowest BCUT2D eigenvalue weighted by atomic mass is 9.88. The van der Waals surface area contributed by atoms with E-state index in [4.69, 9.17) is 9.47 Å². The summed E-state index contributed by atoms with van der Waals surface area (Å²) >= 11 is 0. The molecule has 1 fully saturated rings. The Labute approximate surface area is 125 Å². The first-order valence-corrected chi connectivity index (χ1v) is 7.20. The minimum Gasteiger partial charge on any atom is -0.497 e. The van der Waals surface area contributed by atoms with Crippen molar-refractivity contribution in [2.45, 2.75) is 38.3 Å². The van der Waals surface area contributed by atoms with E-state index in [9.17, 15) is 9.90 Å². The van der Waals surface area contributed by atoms with Crippen LogP contribution in [0.5, 0.6) is 11.5 Å². The highest BCUT2D eigenvalue weighted by Gasteiger charge is 2.41. The largest absolute Gasteiger partial charge is 0.497 e. The van der Waals surface area contributed by atoms with Crippen LogP contribution in [0.4, 0.5) is 0 Å². The fourth-order valence-electron chi connectivity index (χ4n) is 2.85. The van der Waals surface area contributed by atoms with Gasteiger partial charge in [0.1, 0.15) is 17.0 Å². The van der Waals surface area contributed by atoms with Gasteiger partial charge in [-0.3, -0.25) is 9.69 Å². The maximum Gasteiger partial charge on any atom is 0.323 e. The van der Waals surface area contributed by atoms with Crippen molar-refractivity contribution >= 4 is 5.97 Å². The number of carboxylic acids is 1. The Morgan fingerprint density at radius 3 is 2.38 bits per heavy atom. The Morgan fingerprint density at radius 2 is 1.86 bits per heavy atom. The molecule has 21 heavy (non-hydrogen) atoms. The molecular weight excluding hydrogens is 270 g/mol. The second-order valence-electron chi connectivity index (χ2n) is 5.68. The summed E-state index contributed by atoms with van der Waals surface area (Å²) in [6.07, 6.45) is 2.67. The third-order valence-corrected chi connectivity index (χ3v) is 4.28. The fraction of sp³-hybridized carbons (Fsp3) is 0.562. The zero-order chi connectivity index (χ0) is 15.5. The fourth-order valence-corrected chi connectivity index (χ4v) is 2.85. The van der Waals surface area contributed by atoms with E-state index in [-0.39, 0.29) is 0 Å². The Kier molecular flexibility index (Phi) is 4.73. The first-order chi connectivity index (χ1) is 9.99. The molecule has 0 saturated carbocycles. The molecule has 0 aromatic heterocycles. The van der Waals surface area contributed by atoms with Crippen LogP contribution < -0.4 is 9.47 Å². The summed E-state index contributed by atoms with van der Waals surface area (Å²) in [6, 6.07) is 5.68. The van der Waals surface area contributed by atoms with E-state index in [2.05, 4.69) is 0 Å². The number of ether oxygens (including phenoxy) is 2. The van der Waals surface area contributed by atoms with Crippen LogP contribution in [0.3, 0.4) is 0 Å². The van der Waals surface area contributed by atoms with Crippen LogP contribution in [0, 0.1) is 0 Å². The topological polar surface area (TPSA) is 59.0 Å². The number of rotatable bonds is 5. The van der Waals surface area contributed by atoms with Gasteiger partial charge in [0.2, 0.25) is 0 Å². The number of hydrogen-bond donors (Lipinski definition) is 1. The van der Waals surface area contributed by atoms with Crippen molar-refractivity contribution in [2.24, 2.45) is 0 Å². The number of aliphatic carboxylic acids is 1. The molecule has 0 amide bonds. The van der Waals surface area contributed by atoms with Gasteiger partial charge in [0.15, 0.2) is 0 Å². The first-order valence-electron chi connectivity index (χ1n) is 7.20. The molecule has 1 N–H and O–H groups in total. The highest BCUT2D eigenvalue weighted by Crippen LogP contribution is 2.31. The van der Waals surface area contributed by atoms with Gasteiger partial charge >= 0.3 is 5.97 Å². The van der Waals surface area contributed by atoms with Crippen LogP contribution in [-0.4, -0.2) is 42.3 Å². The third-order valence-electron chi connectivity index (χ3n) is 4.28. The van der Waals surface area contributed by atoms with Crippen molar-refractivity contribution < 1.29 is 19.4 Å². The molecule has 116 valence electrons. The molecule has 5 heteroatoms. The molecule has 1 unspecified atom stereocenters. The van der Waals surface area contributed by atoms with Crippen molar-refractivity contribution in [3.8, 4) is 11.5 Å². The van der Waals surface area contributed by atoms with E-state index in [0.717, 1.165) is 36.4 Å². The van der Waals surface area contributed by atoms with Gasteiger partial charge in [0.25, 0.3) is 0 Å². The summed E-state index contributed by atoms with van der Waals surface area (Å²) in [7, 11) is 3.22. The van der Waals surface area contributed by atoms with Crippen LogP contribution >= 0.6 is 0 Å². The molecule has 1 aromatic rings. The smallest absolute Gasteiger partial charge is 0.323 e. The lowest BCUT2D eigenvalue weighted by Crippen LogP contribution is -2.54. The van der Waals surface area contributed by atoms with Crippen molar-refractivity contribution in [1.82, 2.24) is 4.90 Å². The SMILES string of the molecule is COc1cc(CN2CCCCC2(C)C(=O)O)cc(OC)c1. The summed E-state index contributed by atoms with van der Waals surface area (Å²) in [4.78, 5) is 13.7. The molecule has 0 bridgehead atoms. The van der Waals surface area contributed by atoms with E-state index < -0.39 is 11.5 Å². The number of methoxy groups -OCH3 is 2. The average Bonchev–Trinajstić information content (AvgIpc) is 2.49. The number of hydrogen-bond acceptors (Lipinski definition) is 4. The van der Waals surface area contributed by atoms with Crippen molar-refractivity contribution in [2.75, 3.05) is 20.8 Å². The van der Waals surface area contributed by atoms with Gasteiger partial charge in [-0.25, -0.2) is 0 Å². The average molecular weight is 293 g/mol. The van der Waals surface area contributed by atoms with Gasteiger partial charge in [-0.2, -0.15) is 0 Å². The van der Waals surface area contributed by atoms with Crippen molar-refractivity contribution in [1.29, 1.82) is 0 Å². The molecule has 2 rings (SSSR count). The Hall–Kier alpha value is -1.75. The van der Waals surface area contributed by atoms with Crippen LogP contribution in [0.2, 0.25) is 0 Å². The monoisotopic (exact) mass is 293 g/mol.